The summed E-state index contributed by atoms with van der Waals surface area (Å²) in [6.07, 6.45) is 1.44. The first kappa shape index (κ1) is 16.6. The van der Waals surface area contributed by atoms with Gasteiger partial charge in [0.15, 0.2) is 6.61 Å². The number of carbonyl (C=O) groups is 3. The number of benzene rings is 1. The molecule has 0 aliphatic heterocycles. The summed E-state index contributed by atoms with van der Waals surface area (Å²) >= 11 is 5.67. The summed E-state index contributed by atoms with van der Waals surface area (Å²) in [4.78, 5) is 37.4. The molecule has 3 N–H and O–H groups in total. The third-order valence-corrected chi connectivity index (χ3v) is 3.08. The van der Waals surface area contributed by atoms with Gasteiger partial charge in [-0.3, -0.25) is 9.59 Å². The van der Waals surface area contributed by atoms with Gasteiger partial charge in [0.25, 0.3) is 11.8 Å². The number of halogens is 1. The van der Waals surface area contributed by atoms with E-state index in [0.717, 1.165) is 0 Å². The highest BCUT2D eigenvalue weighted by molar-refractivity contribution is 6.30. The van der Waals surface area contributed by atoms with Crippen molar-refractivity contribution in [2.45, 2.75) is 0 Å². The van der Waals surface area contributed by atoms with Crippen molar-refractivity contribution in [3.05, 3.63) is 52.8 Å². The highest BCUT2D eigenvalue weighted by Gasteiger charge is 2.12. The molecule has 0 fully saturated rings. The first-order valence-corrected chi connectivity index (χ1v) is 7.00. The van der Waals surface area contributed by atoms with Crippen molar-refractivity contribution in [1.82, 2.24) is 10.3 Å². The number of anilines is 1. The second-order valence-corrected chi connectivity index (χ2v) is 4.95. The van der Waals surface area contributed by atoms with Crippen LogP contribution >= 0.6 is 11.6 Å². The molecule has 1 heterocycles. The molecule has 0 saturated heterocycles. The van der Waals surface area contributed by atoms with E-state index in [2.05, 4.69) is 15.6 Å². The van der Waals surface area contributed by atoms with E-state index >= 15 is 0 Å². The fraction of sp³-hybridized carbons (Fsp3) is 0.133. The molecule has 7 nitrogen and oxygen atoms in total. The normalized spacial score (nSPS) is 10.0. The molecule has 0 unspecified atom stereocenters. The van der Waals surface area contributed by atoms with E-state index in [1.807, 2.05) is 0 Å². The molecule has 0 aliphatic carbocycles. The highest BCUT2D eigenvalue weighted by Crippen LogP contribution is 2.11. The summed E-state index contributed by atoms with van der Waals surface area (Å²) in [5.41, 5.74) is 1.12. The summed E-state index contributed by atoms with van der Waals surface area (Å²) in [5.74, 6) is -1.40. The van der Waals surface area contributed by atoms with Crippen LogP contribution in [0.1, 0.15) is 20.8 Å². The number of hydrogen-bond acceptors (Lipinski definition) is 4. The second kappa shape index (κ2) is 7.46. The van der Waals surface area contributed by atoms with E-state index in [1.165, 1.54) is 19.3 Å². The first-order valence-electron chi connectivity index (χ1n) is 6.62. The molecular formula is C15H14ClN3O4. The largest absolute Gasteiger partial charge is 0.451 e. The van der Waals surface area contributed by atoms with Gasteiger partial charge >= 0.3 is 5.97 Å². The summed E-state index contributed by atoms with van der Waals surface area (Å²) in [6.45, 7) is -0.438. The van der Waals surface area contributed by atoms with Gasteiger partial charge in [0.2, 0.25) is 0 Å². The van der Waals surface area contributed by atoms with Crippen LogP contribution < -0.4 is 10.6 Å². The predicted molar refractivity (Wildman–Crippen MR) is 84.5 cm³/mol. The van der Waals surface area contributed by atoms with Crippen molar-refractivity contribution in [1.29, 1.82) is 0 Å². The molecule has 1 aromatic carbocycles. The van der Waals surface area contributed by atoms with Gasteiger partial charge in [0.05, 0.1) is 5.02 Å². The molecule has 1 aromatic heterocycles. The number of amides is 2. The molecule has 0 spiro atoms. The lowest BCUT2D eigenvalue weighted by Gasteiger charge is -2.07. The number of ether oxygens (including phenoxy) is 1. The third-order valence-electron chi connectivity index (χ3n) is 2.86. The molecule has 0 atom stereocenters. The predicted octanol–water partition coefficient (Wildman–Crippen LogP) is 1.82. The SMILES string of the molecule is CNC(=O)c1ccc(NC(=O)COC(=O)c2cc(Cl)c[nH]2)cc1. The molecule has 2 rings (SSSR count). The van der Waals surface area contributed by atoms with Crippen molar-refractivity contribution in [3.8, 4) is 0 Å². The van der Waals surface area contributed by atoms with Gasteiger partial charge in [-0.05, 0) is 30.3 Å². The average Bonchev–Trinajstić information content (AvgIpc) is 2.99. The van der Waals surface area contributed by atoms with Crippen LogP contribution in [-0.4, -0.2) is 36.4 Å². The number of rotatable bonds is 5. The molecule has 2 amide bonds. The van der Waals surface area contributed by atoms with E-state index in [4.69, 9.17) is 16.3 Å². The van der Waals surface area contributed by atoms with E-state index in [-0.39, 0.29) is 11.6 Å². The zero-order chi connectivity index (χ0) is 16.8. The first-order chi connectivity index (χ1) is 11.0. The molecule has 23 heavy (non-hydrogen) atoms. The number of hydrogen-bond donors (Lipinski definition) is 3. The number of carbonyl (C=O) groups excluding carboxylic acids is 3. The van der Waals surface area contributed by atoms with Crippen LogP contribution in [0.4, 0.5) is 5.69 Å². The van der Waals surface area contributed by atoms with Crippen LogP contribution in [-0.2, 0) is 9.53 Å². The highest BCUT2D eigenvalue weighted by atomic mass is 35.5. The lowest BCUT2D eigenvalue weighted by Crippen LogP contribution is -2.21. The van der Waals surface area contributed by atoms with Crippen molar-refractivity contribution in [2.24, 2.45) is 0 Å². The Balaban J connectivity index is 1.85. The third kappa shape index (κ3) is 4.58. The van der Waals surface area contributed by atoms with Crippen molar-refractivity contribution >= 4 is 35.1 Å². The summed E-state index contributed by atoms with van der Waals surface area (Å²) in [5, 5.41) is 5.42. The zero-order valence-electron chi connectivity index (χ0n) is 12.2. The van der Waals surface area contributed by atoms with E-state index in [0.29, 0.717) is 16.3 Å². The monoisotopic (exact) mass is 335 g/mol. The van der Waals surface area contributed by atoms with Crippen molar-refractivity contribution in [3.63, 3.8) is 0 Å². The van der Waals surface area contributed by atoms with Gasteiger partial charge in [-0.1, -0.05) is 11.6 Å². The van der Waals surface area contributed by atoms with Crippen LogP contribution in [0, 0.1) is 0 Å². The molecule has 0 radical (unpaired) electrons. The van der Waals surface area contributed by atoms with Crippen LogP contribution in [0.5, 0.6) is 0 Å². The molecule has 0 saturated carbocycles. The Morgan fingerprint density at radius 1 is 1.22 bits per heavy atom. The Morgan fingerprint density at radius 3 is 2.48 bits per heavy atom. The van der Waals surface area contributed by atoms with Gasteiger partial charge in [0, 0.05) is 24.5 Å². The van der Waals surface area contributed by atoms with E-state index in [9.17, 15) is 14.4 Å². The number of H-pyrrole nitrogens is 1. The van der Waals surface area contributed by atoms with Crippen LogP contribution in [0.2, 0.25) is 5.02 Å². The Kier molecular flexibility index (Phi) is 5.37. The van der Waals surface area contributed by atoms with Gasteiger partial charge in [0.1, 0.15) is 5.69 Å². The van der Waals surface area contributed by atoms with E-state index in [1.54, 1.807) is 24.3 Å². The lowest BCUT2D eigenvalue weighted by atomic mass is 10.2. The zero-order valence-corrected chi connectivity index (χ0v) is 12.9. The fourth-order valence-corrected chi connectivity index (χ4v) is 1.90. The smallest absolute Gasteiger partial charge is 0.355 e. The van der Waals surface area contributed by atoms with Crippen molar-refractivity contribution in [2.75, 3.05) is 19.0 Å². The van der Waals surface area contributed by atoms with Crippen molar-refractivity contribution < 1.29 is 19.1 Å². The molecule has 8 heteroatoms. The Bertz CT molecular complexity index is 725. The summed E-state index contributed by atoms with van der Waals surface area (Å²) in [7, 11) is 1.53. The number of aromatic nitrogens is 1. The van der Waals surface area contributed by atoms with Crippen LogP contribution in [0.15, 0.2) is 36.5 Å². The minimum atomic E-state index is -0.679. The molecule has 120 valence electrons. The van der Waals surface area contributed by atoms with Gasteiger partial charge in [-0.15, -0.1) is 0 Å². The number of nitrogens with one attached hydrogen (secondary N) is 3. The quantitative estimate of drug-likeness (QED) is 0.725. The maximum atomic E-state index is 11.7. The fourth-order valence-electron chi connectivity index (χ4n) is 1.74. The Morgan fingerprint density at radius 2 is 1.91 bits per heavy atom. The maximum Gasteiger partial charge on any atom is 0.355 e. The van der Waals surface area contributed by atoms with Crippen LogP contribution in [0.3, 0.4) is 0 Å². The number of aromatic amines is 1. The standard InChI is InChI=1S/C15H14ClN3O4/c1-17-14(21)9-2-4-11(5-3-9)19-13(20)8-23-15(22)12-6-10(16)7-18-12/h2-7,18H,8H2,1H3,(H,17,21)(H,19,20). The Hall–Kier alpha value is -2.80. The molecule has 0 aliphatic rings. The summed E-state index contributed by atoms with van der Waals surface area (Å²) in [6, 6.07) is 7.70. The molecular weight excluding hydrogens is 322 g/mol. The Labute approximate surface area is 137 Å². The lowest BCUT2D eigenvalue weighted by molar-refractivity contribution is -0.119. The second-order valence-electron chi connectivity index (χ2n) is 4.51. The van der Waals surface area contributed by atoms with Gasteiger partial charge in [-0.25, -0.2) is 4.79 Å². The summed E-state index contributed by atoms with van der Waals surface area (Å²) < 4.78 is 4.85. The van der Waals surface area contributed by atoms with Crippen LogP contribution in [0.25, 0.3) is 0 Å². The average molecular weight is 336 g/mol. The number of esters is 1. The minimum Gasteiger partial charge on any atom is -0.451 e. The van der Waals surface area contributed by atoms with Gasteiger partial charge < -0.3 is 20.4 Å². The maximum absolute atomic E-state index is 11.7. The minimum absolute atomic E-state index is 0.165. The topological polar surface area (TPSA) is 100 Å². The molecule has 0 bridgehead atoms. The van der Waals surface area contributed by atoms with E-state index < -0.39 is 18.5 Å². The molecule has 2 aromatic rings. The van der Waals surface area contributed by atoms with Gasteiger partial charge in [-0.2, -0.15) is 0 Å².